The average molecular weight is 641 g/mol. The van der Waals surface area contributed by atoms with Crippen LogP contribution in [0.2, 0.25) is 0 Å². The summed E-state index contributed by atoms with van der Waals surface area (Å²) in [5.74, 6) is -1.41. The van der Waals surface area contributed by atoms with Gasteiger partial charge < -0.3 is 25.2 Å². The molecular formula is C39H48N2O6. The second-order valence-electron chi connectivity index (χ2n) is 12.4. The molecule has 0 unspecified atom stereocenters. The van der Waals surface area contributed by atoms with Crippen LogP contribution in [-0.2, 0) is 38.6 Å². The first kappa shape index (κ1) is 36.8. The average Bonchev–Trinajstić information content (AvgIpc) is 3.07. The van der Waals surface area contributed by atoms with E-state index in [-0.39, 0.29) is 49.8 Å². The molecule has 0 bridgehead atoms. The highest BCUT2D eigenvalue weighted by molar-refractivity contribution is 5.86. The van der Waals surface area contributed by atoms with Crippen molar-refractivity contribution in [3.8, 4) is 5.75 Å². The van der Waals surface area contributed by atoms with Crippen LogP contribution in [0.1, 0.15) is 49.8 Å². The van der Waals surface area contributed by atoms with Gasteiger partial charge in [-0.3, -0.25) is 14.4 Å². The molecule has 0 aromatic heterocycles. The lowest BCUT2D eigenvalue weighted by atomic mass is 9.96. The molecule has 8 nitrogen and oxygen atoms in total. The third kappa shape index (κ3) is 13.3. The van der Waals surface area contributed by atoms with Crippen LogP contribution in [0.25, 0.3) is 0 Å². The number of hydrogen-bond donors (Lipinski definition) is 3. The van der Waals surface area contributed by atoms with Crippen LogP contribution in [0.5, 0.6) is 5.75 Å². The smallest absolute Gasteiger partial charge is 0.309 e. The number of carbonyl (C=O) groups is 3. The summed E-state index contributed by atoms with van der Waals surface area (Å²) in [6.07, 6.45) is 4.90. The highest BCUT2D eigenvalue weighted by Gasteiger charge is 2.30. The molecule has 8 heteroatoms. The molecule has 0 fully saturated rings. The molecule has 3 aromatic rings. The summed E-state index contributed by atoms with van der Waals surface area (Å²) in [7, 11) is 0. The molecule has 0 radical (unpaired) electrons. The van der Waals surface area contributed by atoms with Gasteiger partial charge in [-0.2, -0.15) is 0 Å². The molecule has 0 aliphatic heterocycles. The zero-order valence-electron chi connectivity index (χ0n) is 27.5. The van der Waals surface area contributed by atoms with E-state index in [2.05, 4.69) is 23.8 Å². The number of esters is 1. The number of ether oxygens (including phenoxy) is 2. The number of aliphatic hydroxyl groups excluding tert-OH is 1. The summed E-state index contributed by atoms with van der Waals surface area (Å²) < 4.78 is 11.5. The van der Waals surface area contributed by atoms with E-state index >= 15 is 0 Å². The van der Waals surface area contributed by atoms with Gasteiger partial charge in [0.2, 0.25) is 11.8 Å². The minimum atomic E-state index is -0.876. The molecule has 2 amide bonds. The van der Waals surface area contributed by atoms with Gasteiger partial charge in [-0.15, -0.1) is 13.2 Å². The number of hydrogen-bond acceptors (Lipinski definition) is 6. The number of benzene rings is 3. The lowest BCUT2D eigenvalue weighted by Gasteiger charge is -2.29. The molecule has 0 saturated carbocycles. The molecule has 3 N–H and O–H groups in total. The summed E-state index contributed by atoms with van der Waals surface area (Å²) in [6.45, 7) is 11.2. The fraction of sp³-hybridized carbons (Fsp3) is 0.359. The Morgan fingerprint density at radius 3 is 1.98 bits per heavy atom. The molecule has 47 heavy (non-hydrogen) atoms. The van der Waals surface area contributed by atoms with Crippen molar-refractivity contribution in [2.24, 2.45) is 11.8 Å². The highest BCUT2D eigenvalue weighted by Crippen LogP contribution is 2.19. The molecule has 0 aliphatic carbocycles. The first-order valence-electron chi connectivity index (χ1n) is 16.0. The van der Waals surface area contributed by atoms with Crippen molar-refractivity contribution < 1.29 is 29.0 Å². The topological polar surface area (TPSA) is 114 Å². The van der Waals surface area contributed by atoms with Crippen LogP contribution < -0.4 is 15.4 Å². The Balaban J connectivity index is 1.49. The molecule has 0 heterocycles. The third-order valence-corrected chi connectivity index (χ3v) is 7.64. The second-order valence-corrected chi connectivity index (χ2v) is 12.4. The SMILES string of the molecule is C=CC[C@@H](CC(=O)N[C@H](CO)Cc1ccc(OCc2ccccc2)cc1)C(=O)NC(C)(C)COC(=O)[C@H](CC=C)Cc1ccccc1. The molecule has 3 aromatic carbocycles. The first-order chi connectivity index (χ1) is 22.6. The predicted octanol–water partition coefficient (Wildman–Crippen LogP) is 5.74. The van der Waals surface area contributed by atoms with Gasteiger partial charge in [-0.05, 0) is 68.4 Å². The van der Waals surface area contributed by atoms with E-state index in [1.807, 2.05) is 84.9 Å². The van der Waals surface area contributed by atoms with Crippen LogP contribution in [0.15, 0.2) is 110 Å². The van der Waals surface area contributed by atoms with Gasteiger partial charge in [0.25, 0.3) is 0 Å². The van der Waals surface area contributed by atoms with E-state index in [0.29, 0.717) is 25.9 Å². The fourth-order valence-corrected chi connectivity index (χ4v) is 5.11. The lowest BCUT2D eigenvalue weighted by Crippen LogP contribution is -2.50. The molecular weight excluding hydrogens is 592 g/mol. The molecule has 3 rings (SSSR count). The molecule has 3 atom stereocenters. The molecule has 0 aliphatic rings. The second kappa shape index (κ2) is 19.1. The minimum Gasteiger partial charge on any atom is -0.489 e. The van der Waals surface area contributed by atoms with Gasteiger partial charge in [-0.25, -0.2) is 0 Å². The van der Waals surface area contributed by atoms with Crippen LogP contribution in [0.4, 0.5) is 0 Å². The number of aliphatic hydroxyl groups is 1. The largest absolute Gasteiger partial charge is 0.489 e. The number of allylic oxidation sites excluding steroid dienone is 2. The number of carbonyl (C=O) groups excluding carboxylic acids is 3. The first-order valence-corrected chi connectivity index (χ1v) is 16.0. The Morgan fingerprint density at radius 1 is 0.809 bits per heavy atom. The van der Waals surface area contributed by atoms with Gasteiger partial charge in [0.05, 0.1) is 30.0 Å². The van der Waals surface area contributed by atoms with E-state index in [0.717, 1.165) is 22.4 Å². The zero-order chi connectivity index (χ0) is 34.1. The Bertz CT molecular complexity index is 1420. The standard InChI is InChI=1S/C39H48N2O6/c1-5-13-32(37(44)41-39(3,4)28-47-38(45)33(14-6-2)23-29-15-9-7-10-16-29)25-36(43)40-34(26-42)24-30-19-21-35(22-20-30)46-27-31-17-11-8-12-18-31/h5-12,15-22,32-34,42H,1-2,13-14,23-28H2,3-4H3,(H,40,43)(H,41,44)/t32-,33+,34-/m0/s1. The van der Waals surface area contributed by atoms with Crippen molar-refractivity contribution in [1.82, 2.24) is 10.6 Å². The van der Waals surface area contributed by atoms with Gasteiger partial charge in [0.15, 0.2) is 0 Å². The molecule has 0 saturated heterocycles. The Kier molecular flexibility index (Phi) is 14.9. The van der Waals surface area contributed by atoms with Gasteiger partial charge in [0.1, 0.15) is 19.0 Å². The normalized spacial score (nSPS) is 13.0. The Hall–Kier alpha value is -4.69. The number of amides is 2. The van der Waals surface area contributed by atoms with Crippen molar-refractivity contribution in [1.29, 1.82) is 0 Å². The maximum absolute atomic E-state index is 13.3. The number of rotatable bonds is 20. The summed E-state index contributed by atoms with van der Waals surface area (Å²) >= 11 is 0. The van der Waals surface area contributed by atoms with Crippen molar-refractivity contribution in [3.63, 3.8) is 0 Å². The third-order valence-electron chi connectivity index (χ3n) is 7.64. The minimum absolute atomic E-state index is 0.0321. The van der Waals surface area contributed by atoms with Crippen LogP contribution in [0, 0.1) is 11.8 Å². The Morgan fingerprint density at radius 2 is 1.38 bits per heavy atom. The van der Waals surface area contributed by atoms with Crippen molar-refractivity contribution in [2.75, 3.05) is 13.2 Å². The van der Waals surface area contributed by atoms with Crippen molar-refractivity contribution >= 4 is 17.8 Å². The molecule has 250 valence electrons. The maximum atomic E-state index is 13.3. The maximum Gasteiger partial charge on any atom is 0.309 e. The summed E-state index contributed by atoms with van der Waals surface area (Å²) in [5.41, 5.74) is 2.15. The van der Waals surface area contributed by atoms with E-state index in [4.69, 9.17) is 9.47 Å². The van der Waals surface area contributed by atoms with Gasteiger partial charge in [0, 0.05) is 6.42 Å². The van der Waals surface area contributed by atoms with Crippen LogP contribution in [-0.4, -0.2) is 47.7 Å². The summed E-state index contributed by atoms with van der Waals surface area (Å²) in [6, 6.07) is 26.6. The van der Waals surface area contributed by atoms with Crippen LogP contribution in [0.3, 0.4) is 0 Å². The van der Waals surface area contributed by atoms with E-state index in [1.165, 1.54) is 0 Å². The highest BCUT2D eigenvalue weighted by atomic mass is 16.5. The number of nitrogens with one attached hydrogen (secondary N) is 2. The van der Waals surface area contributed by atoms with Crippen LogP contribution >= 0.6 is 0 Å². The Labute approximate surface area is 278 Å². The zero-order valence-corrected chi connectivity index (χ0v) is 27.5. The molecule has 0 spiro atoms. The monoisotopic (exact) mass is 640 g/mol. The van der Waals surface area contributed by atoms with Gasteiger partial charge in [-0.1, -0.05) is 84.9 Å². The fourth-order valence-electron chi connectivity index (χ4n) is 5.11. The van der Waals surface area contributed by atoms with Crippen molar-refractivity contribution in [2.45, 2.75) is 64.1 Å². The van der Waals surface area contributed by atoms with E-state index < -0.39 is 17.5 Å². The van der Waals surface area contributed by atoms with E-state index in [9.17, 15) is 19.5 Å². The summed E-state index contributed by atoms with van der Waals surface area (Å²) in [5, 5.41) is 15.8. The lowest BCUT2D eigenvalue weighted by molar-refractivity contribution is -0.151. The van der Waals surface area contributed by atoms with E-state index in [1.54, 1.807) is 26.0 Å². The van der Waals surface area contributed by atoms with Gasteiger partial charge >= 0.3 is 5.97 Å². The summed E-state index contributed by atoms with van der Waals surface area (Å²) in [4.78, 5) is 39.2. The van der Waals surface area contributed by atoms with Crippen molar-refractivity contribution in [3.05, 3.63) is 127 Å². The predicted molar refractivity (Wildman–Crippen MR) is 184 cm³/mol. The quantitative estimate of drug-likeness (QED) is 0.107.